The highest BCUT2D eigenvalue weighted by molar-refractivity contribution is 7.99. The zero-order chi connectivity index (χ0) is 11.4. The highest BCUT2D eigenvalue weighted by atomic mass is 32.2. The third-order valence-electron chi connectivity index (χ3n) is 2.71. The van der Waals surface area contributed by atoms with E-state index in [1.165, 1.54) is 0 Å². The Morgan fingerprint density at radius 2 is 2.62 bits per heavy atom. The van der Waals surface area contributed by atoms with Gasteiger partial charge in [-0.1, -0.05) is 12.1 Å². The van der Waals surface area contributed by atoms with Crippen molar-refractivity contribution in [3.8, 4) is 0 Å². The monoisotopic (exact) mass is 242 g/mol. The van der Waals surface area contributed by atoms with Gasteiger partial charge in [0.05, 0.1) is 30.6 Å². The van der Waals surface area contributed by atoms with Gasteiger partial charge in [0.15, 0.2) is 0 Å². The second-order valence-corrected chi connectivity index (χ2v) is 4.95. The van der Waals surface area contributed by atoms with Crippen LogP contribution in [0.5, 0.6) is 0 Å². The topological polar surface area (TPSA) is 52.0 Å². The molecule has 1 aromatic rings. The molecule has 5 nitrogen and oxygen atoms in total. The number of ether oxygens (including phenoxy) is 1. The second-order valence-electron chi connectivity index (χ2n) is 3.80. The van der Waals surface area contributed by atoms with E-state index in [0.29, 0.717) is 0 Å². The van der Waals surface area contributed by atoms with Crippen LogP contribution in [0.25, 0.3) is 0 Å². The molecule has 0 aliphatic carbocycles. The number of likely N-dealkylation sites (N-methyl/N-ethyl adjacent to an activating group) is 1. The van der Waals surface area contributed by atoms with Crippen molar-refractivity contribution in [1.29, 1.82) is 0 Å². The van der Waals surface area contributed by atoms with Crippen LogP contribution in [0.2, 0.25) is 0 Å². The number of hydrogen-bond acceptors (Lipinski definition) is 5. The van der Waals surface area contributed by atoms with Crippen LogP contribution in [0, 0.1) is 0 Å². The fourth-order valence-electron chi connectivity index (χ4n) is 1.92. The first-order chi connectivity index (χ1) is 7.83. The third-order valence-corrected chi connectivity index (χ3v) is 3.73. The summed E-state index contributed by atoms with van der Waals surface area (Å²) in [7, 11) is 1.92. The summed E-state index contributed by atoms with van der Waals surface area (Å²) in [5, 5.41) is 11.4. The van der Waals surface area contributed by atoms with Crippen molar-refractivity contribution in [3.05, 3.63) is 11.9 Å². The van der Waals surface area contributed by atoms with Crippen LogP contribution in [0.4, 0.5) is 0 Å². The Bertz CT molecular complexity index is 324. The minimum Gasteiger partial charge on any atom is -0.374 e. The number of nitrogens with one attached hydrogen (secondary N) is 1. The van der Waals surface area contributed by atoms with Crippen molar-refractivity contribution >= 4 is 11.8 Å². The summed E-state index contributed by atoms with van der Waals surface area (Å²) < 4.78 is 7.63. The number of rotatable bonds is 4. The Hall–Kier alpha value is -0.590. The molecule has 0 spiro atoms. The molecule has 1 fully saturated rings. The van der Waals surface area contributed by atoms with Gasteiger partial charge in [0, 0.05) is 18.6 Å². The molecular weight excluding hydrogens is 224 g/mol. The van der Waals surface area contributed by atoms with Gasteiger partial charge < -0.3 is 10.1 Å². The highest BCUT2D eigenvalue weighted by Gasteiger charge is 2.27. The Morgan fingerprint density at radius 3 is 3.19 bits per heavy atom. The number of aromatic nitrogens is 3. The molecule has 16 heavy (non-hydrogen) atoms. The zero-order valence-electron chi connectivity index (χ0n) is 9.72. The summed E-state index contributed by atoms with van der Waals surface area (Å²) in [5.41, 5.74) is 1.09. The summed E-state index contributed by atoms with van der Waals surface area (Å²) in [6.07, 6.45) is 2.03. The molecule has 1 aromatic heterocycles. The van der Waals surface area contributed by atoms with E-state index in [-0.39, 0.29) is 12.1 Å². The van der Waals surface area contributed by atoms with Crippen LogP contribution < -0.4 is 5.32 Å². The van der Waals surface area contributed by atoms with Gasteiger partial charge in [0.1, 0.15) is 0 Å². The summed E-state index contributed by atoms with van der Waals surface area (Å²) >= 11 is 1.95. The molecule has 2 rings (SSSR count). The maximum atomic E-state index is 5.82. The SMILES string of the molecule is CCNC(c1cnnn1C)C1CSCCO1. The summed E-state index contributed by atoms with van der Waals surface area (Å²) in [6.45, 7) is 3.86. The van der Waals surface area contributed by atoms with E-state index in [1.807, 2.05) is 29.7 Å². The molecule has 0 amide bonds. The van der Waals surface area contributed by atoms with Crippen molar-refractivity contribution in [2.45, 2.75) is 19.1 Å². The first-order valence-electron chi connectivity index (χ1n) is 5.60. The van der Waals surface area contributed by atoms with Gasteiger partial charge in [-0.2, -0.15) is 11.8 Å². The molecule has 1 aliphatic rings. The smallest absolute Gasteiger partial charge is 0.0876 e. The van der Waals surface area contributed by atoms with Gasteiger partial charge in [-0.3, -0.25) is 4.68 Å². The lowest BCUT2D eigenvalue weighted by atomic mass is 10.1. The highest BCUT2D eigenvalue weighted by Crippen LogP contribution is 2.24. The average Bonchev–Trinajstić information content (AvgIpc) is 2.73. The Kier molecular flexibility index (Phi) is 4.20. The van der Waals surface area contributed by atoms with Crippen LogP contribution in [-0.4, -0.2) is 45.8 Å². The summed E-state index contributed by atoms with van der Waals surface area (Å²) in [4.78, 5) is 0. The van der Waals surface area contributed by atoms with Crippen LogP contribution in [0.1, 0.15) is 18.7 Å². The lowest BCUT2D eigenvalue weighted by molar-refractivity contribution is 0.0451. The van der Waals surface area contributed by atoms with Gasteiger partial charge in [-0.25, -0.2) is 0 Å². The fourth-order valence-corrected chi connectivity index (χ4v) is 2.83. The zero-order valence-corrected chi connectivity index (χ0v) is 10.5. The van der Waals surface area contributed by atoms with Crippen molar-refractivity contribution in [1.82, 2.24) is 20.3 Å². The van der Waals surface area contributed by atoms with Crippen molar-refractivity contribution in [2.24, 2.45) is 7.05 Å². The van der Waals surface area contributed by atoms with Gasteiger partial charge >= 0.3 is 0 Å². The average molecular weight is 242 g/mol. The first-order valence-corrected chi connectivity index (χ1v) is 6.75. The van der Waals surface area contributed by atoms with Crippen LogP contribution in [-0.2, 0) is 11.8 Å². The lowest BCUT2D eigenvalue weighted by Gasteiger charge is -2.30. The quantitative estimate of drug-likeness (QED) is 0.838. The van der Waals surface area contributed by atoms with Crippen LogP contribution >= 0.6 is 11.8 Å². The number of thioether (sulfide) groups is 1. The third kappa shape index (κ3) is 2.56. The minimum absolute atomic E-state index is 0.192. The lowest BCUT2D eigenvalue weighted by Crippen LogP contribution is -2.39. The molecule has 1 saturated heterocycles. The van der Waals surface area contributed by atoms with E-state index in [9.17, 15) is 0 Å². The largest absolute Gasteiger partial charge is 0.374 e. The number of hydrogen-bond donors (Lipinski definition) is 1. The molecule has 0 aromatic carbocycles. The van der Waals surface area contributed by atoms with Crippen LogP contribution in [0.15, 0.2) is 6.20 Å². The van der Waals surface area contributed by atoms with Gasteiger partial charge in [0.25, 0.3) is 0 Å². The van der Waals surface area contributed by atoms with Gasteiger partial charge in [-0.15, -0.1) is 5.10 Å². The number of nitrogens with zero attached hydrogens (tertiary/aromatic N) is 3. The van der Waals surface area contributed by atoms with Crippen LogP contribution in [0.3, 0.4) is 0 Å². The molecule has 2 atom stereocenters. The Morgan fingerprint density at radius 1 is 1.75 bits per heavy atom. The van der Waals surface area contributed by atoms with Gasteiger partial charge in [0.2, 0.25) is 0 Å². The molecule has 90 valence electrons. The predicted octanol–water partition coefficient (Wildman–Crippen LogP) is 0.598. The molecule has 0 radical (unpaired) electrons. The van der Waals surface area contributed by atoms with E-state index in [4.69, 9.17) is 4.74 Å². The molecule has 2 unspecified atom stereocenters. The molecule has 1 N–H and O–H groups in total. The molecule has 6 heteroatoms. The van der Waals surface area contributed by atoms with E-state index in [0.717, 1.165) is 30.4 Å². The van der Waals surface area contributed by atoms with Gasteiger partial charge in [-0.05, 0) is 6.54 Å². The standard InChI is InChI=1S/C10H18N4OS/c1-3-11-10(8-6-12-13-14(8)2)9-7-16-5-4-15-9/h6,9-11H,3-5,7H2,1-2H3. The second kappa shape index (κ2) is 5.65. The maximum Gasteiger partial charge on any atom is 0.0876 e. The molecule has 1 aliphatic heterocycles. The molecular formula is C10H18N4OS. The summed E-state index contributed by atoms with van der Waals surface area (Å²) in [6, 6.07) is 0.192. The van der Waals surface area contributed by atoms with E-state index >= 15 is 0 Å². The minimum atomic E-state index is 0.192. The predicted molar refractivity (Wildman–Crippen MR) is 64.5 cm³/mol. The van der Waals surface area contributed by atoms with E-state index in [1.54, 1.807) is 0 Å². The first kappa shape index (κ1) is 11.9. The van der Waals surface area contributed by atoms with Crippen molar-refractivity contribution < 1.29 is 4.74 Å². The van der Waals surface area contributed by atoms with Crippen molar-refractivity contribution in [3.63, 3.8) is 0 Å². The maximum absolute atomic E-state index is 5.82. The Labute approximate surface area is 99.9 Å². The Balaban J connectivity index is 2.12. The van der Waals surface area contributed by atoms with Crippen molar-refractivity contribution in [2.75, 3.05) is 24.7 Å². The summed E-state index contributed by atoms with van der Waals surface area (Å²) in [5.74, 6) is 2.13. The van der Waals surface area contributed by atoms with E-state index < -0.39 is 0 Å². The normalized spacial score (nSPS) is 23.2. The molecule has 0 saturated carbocycles. The fraction of sp³-hybridized carbons (Fsp3) is 0.800. The molecule has 0 bridgehead atoms. The molecule has 2 heterocycles. The van der Waals surface area contributed by atoms with E-state index in [2.05, 4.69) is 22.6 Å². The number of aryl methyl sites for hydroxylation is 1.